The number of amides is 3. The molecule has 25 heavy (non-hydrogen) atoms. The molecule has 1 fully saturated rings. The van der Waals surface area contributed by atoms with Gasteiger partial charge < -0.3 is 5.32 Å². The zero-order valence-corrected chi connectivity index (χ0v) is 14.2. The van der Waals surface area contributed by atoms with Crippen molar-refractivity contribution in [2.75, 3.05) is 6.54 Å². The molecule has 1 aromatic heterocycles. The lowest BCUT2D eigenvalue weighted by molar-refractivity contribution is -0.131. The predicted octanol–water partition coefficient (Wildman–Crippen LogP) is 2.65. The predicted molar refractivity (Wildman–Crippen MR) is 93.8 cm³/mol. The van der Waals surface area contributed by atoms with Crippen LogP contribution in [0.25, 0.3) is 0 Å². The molecule has 2 aromatic rings. The van der Waals surface area contributed by atoms with Crippen molar-refractivity contribution in [1.82, 2.24) is 15.2 Å². The molecule has 5 heteroatoms. The van der Waals surface area contributed by atoms with Crippen LogP contribution in [0, 0.1) is 5.92 Å². The smallest absolute Gasteiger partial charge is 0.319 e. The third-order valence-electron chi connectivity index (χ3n) is 5.40. The van der Waals surface area contributed by atoms with Crippen molar-refractivity contribution in [3.05, 3.63) is 65.5 Å². The summed E-state index contributed by atoms with van der Waals surface area (Å²) in [5, 5.41) is 2.85. The molecule has 3 amide bonds. The van der Waals surface area contributed by atoms with Gasteiger partial charge in [0.1, 0.15) is 5.54 Å². The number of aryl methyl sites for hydroxylation is 1. The molecule has 128 valence electrons. The standard InChI is InChI=1S/C20H21N3O2/c1-20(17-7-4-10-21-12-17)18(24)23(19(25)22-20)13-14-8-9-15-5-2-3-6-16(15)11-14/h2-7,10,12,14H,8-9,11,13H2,1H3,(H,22,25)/t14-,20+/m0/s1. The largest absolute Gasteiger partial charge is 0.325 e. The van der Waals surface area contributed by atoms with Gasteiger partial charge in [-0.15, -0.1) is 0 Å². The van der Waals surface area contributed by atoms with Gasteiger partial charge in [-0.3, -0.25) is 14.7 Å². The number of rotatable bonds is 3. The third kappa shape index (κ3) is 2.69. The fourth-order valence-electron chi connectivity index (χ4n) is 3.90. The van der Waals surface area contributed by atoms with Crippen molar-refractivity contribution in [1.29, 1.82) is 0 Å². The Kier molecular flexibility index (Phi) is 3.79. The van der Waals surface area contributed by atoms with Crippen LogP contribution in [-0.4, -0.2) is 28.4 Å². The van der Waals surface area contributed by atoms with Gasteiger partial charge in [-0.2, -0.15) is 0 Å². The number of benzene rings is 1. The lowest BCUT2D eigenvalue weighted by Gasteiger charge is -2.28. The molecule has 5 nitrogen and oxygen atoms in total. The summed E-state index contributed by atoms with van der Waals surface area (Å²) in [6.45, 7) is 2.22. The molecule has 0 unspecified atom stereocenters. The van der Waals surface area contributed by atoms with Crippen LogP contribution >= 0.6 is 0 Å². The third-order valence-corrected chi connectivity index (χ3v) is 5.40. The number of hydrogen-bond donors (Lipinski definition) is 1. The minimum atomic E-state index is -1.03. The van der Waals surface area contributed by atoms with Crippen LogP contribution in [0.15, 0.2) is 48.8 Å². The average Bonchev–Trinajstić information content (AvgIpc) is 2.86. The van der Waals surface area contributed by atoms with E-state index in [-0.39, 0.29) is 11.9 Å². The van der Waals surface area contributed by atoms with Crippen molar-refractivity contribution in [2.45, 2.75) is 31.7 Å². The molecule has 0 saturated carbocycles. The maximum absolute atomic E-state index is 13.0. The molecule has 0 bridgehead atoms. The number of urea groups is 1. The van der Waals surface area contributed by atoms with Crippen molar-refractivity contribution in [3.8, 4) is 0 Å². The van der Waals surface area contributed by atoms with Crippen molar-refractivity contribution in [2.24, 2.45) is 5.92 Å². The number of pyridine rings is 1. The molecule has 1 aromatic carbocycles. The molecule has 0 radical (unpaired) electrons. The van der Waals surface area contributed by atoms with Gasteiger partial charge >= 0.3 is 6.03 Å². The molecule has 1 saturated heterocycles. The molecular weight excluding hydrogens is 314 g/mol. The molecule has 0 spiro atoms. The molecule has 1 aliphatic heterocycles. The van der Waals surface area contributed by atoms with Gasteiger partial charge in [0.25, 0.3) is 5.91 Å². The lowest BCUT2D eigenvalue weighted by atomic mass is 9.83. The minimum Gasteiger partial charge on any atom is -0.319 e. The van der Waals surface area contributed by atoms with Gasteiger partial charge in [0, 0.05) is 24.5 Å². The average molecular weight is 335 g/mol. The summed E-state index contributed by atoms with van der Waals surface area (Å²) in [6.07, 6.45) is 6.21. The summed E-state index contributed by atoms with van der Waals surface area (Å²) < 4.78 is 0. The van der Waals surface area contributed by atoms with E-state index in [9.17, 15) is 9.59 Å². The van der Waals surface area contributed by atoms with E-state index in [1.165, 1.54) is 16.0 Å². The Morgan fingerprint density at radius 1 is 1.20 bits per heavy atom. The first-order valence-corrected chi connectivity index (χ1v) is 8.69. The SMILES string of the molecule is C[C@]1(c2cccnc2)NC(=O)N(C[C@H]2CCc3ccccc3C2)C1=O. The van der Waals surface area contributed by atoms with Crippen LogP contribution in [0.1, 0.15) is 30.0 Å². The van der Waals surface area contributed by atoms with Crippen LogP contribution < -0.4 is 5.32 Å². The van der Waals surface area contributed by atoms with Crippen LogP contribution in [0.4, 0.5) is 4.79 Å². The van der Waals surface area contributed by atoms with Gasteiger partial charge in [-0.25, -0.2) is 4.79 Å². The lowest BCUT2D eigenvalue weighted by Crippen LogP contribution is -2.41. The fraction of sp³-hybridized carbons (Fsp3) is 0.350. The summed E-state index contributed by atoms with van der Waals surface area (Å²) in [7, 11) is 0. The number of hydrogen-bond acceptors (Lipinski definition) is 3. The summed E-state index contributed by atoms with van der Waals surface area (Å²) >= 11 is 0. The topological polar surface area (TPSA) is 62.3 Å². The molecule has 2 aliphatic rings. The zero-order valence-electron chi connectivity index (χ0n) is 14.2. The number of carbonyl (C=O) groups excluding carboxylic acids is 2. The van der Waals surface area contributed by atoms with Crippen molar-refractivity contribution >= 4 is 11.9 Å². The normalized spacial score (nSPS) is 25.6. The highest BCUT2D eigenvalue weighted by atomic mass is 16.2. The number of imide groups is 1. The second kappa shape index (κ2) is 5.99. The Morgan fingerprint density at radius 2 is 2.00 bits per heavy atom. The van der Waals surface area contributed by atoms with Gasteiger partial charge in [0.2, 0.25) is 0 Å². The molecule has 2 heterocycles. The van der Waals surface area contributed by atoms with E-state index < -0.39 is 5.54 Å². The molecule has 1 aliphatic carbocycles. The van der Waals surface area contributed by atoms with E-state index in [1.807, 2.05) is 6.07 Å². The fourth-order valence-corrected chi connectivity index (χ4v) is 3.90. The van der Waals surface area contributed by atoms with Crippen LogP contribution in [-0.2, 0) is 23.2 Å². The quantitative estimate of drug-likeness (QED) is 0.877. The zero-order chi connectivity index (χ0) is 17.4. The number of carbonyl (C=O) groups is 2. The number of nitrogens with zero attached hydrogens (tertiary/aromatic N) is 2. The maximum atomic E-state index is 13.0. The molecule has 4 rings (SSSR count). The first-order chi connectivity index (χ1) is 12.1. The highest BCUT2D eigenvalue weighted by Gasteiger charge is 2.49. The Hall–Kier alpha value is -2.69. The van der Waals surface area contributed by atoms with Gasteiger partial charge in [0.15, 0.2) is 0 Å². The van der Waals surface area contributed by atoms with E-state index in [1.54, 1.807) is 25.4 Å². The Bertz CT molecular complexity index is 821. The highest BCUT2D eigenvalue weighted by molar-refractivity contribution is 6.07. The highest BCUT2D eigenvalue weighted by Crippen LogP contribution is 2.31. The Morgan fingerprint density at radius 3 is 2.76 bits per heavy atom. The Balaban J connectivity index is 1.52. The van der Waals surface area contributed by atoms with Gasteiger partial charge in [-0.05, 0) is 49.3 Å². The van der Waals surface area contributed by atoms with E-state index >= 15 is 0 Å². The first-order valence-electron chi connectivity index (χ1n) is 8.69. The van der Waals surface area contributed by atoms with E-state index in [4.69, 9.17) is 0 Å². The van der Waals surface area contributed by atoms with Gasteiger partial charge in [-0.1, -0.05) is 30.3 Å². The van der Waals surface area contributed by atoms with Crippen LogP contribution in [0.3, 0.4) is 0 Å². The van der Waals surface area contributed by atoms with E-state index in [0.717, 1.165) is 19.3 Å². The maximum Gasteiger partial charge on any atom is 0.325 e. The summed E-state index contributed by atoms with van der Waals surface area (Å²) in [5.41, 5.74) is 2.40. The second-order valence-corrected chi connectivity index (χ2v) is 7.09. The van der Waals surface area contributed by atoms with Crippen LogP contribution in [0.5, 0.6) is 0 Å². The molecule has 2 atom stereocenters. The van der Waals surface area contributed by atoms with Gasteiger partial charge in [0.05, 0.1) is 0 Å². The van der Waals surface area contributed by atoms with Crippen LogP contribution in [0.2, 0.25) is 0 Å². The summed E-state index contributed by atoms with van der Waals surface area (Å²) in [5.74, 6) is 0.116. The molecular formula is C20H21N3O2. The second-order valence-electron chi connectivity index (χ2n) is 7.09. The van der Waals surface area contributed by atoms with Crippen molar-refractivity contribution in [3.63, 3.8) is 0 Å². The summed E-state index contributed by atoms with van der Waals surface area (Å²) in [4.78, 5) is 30.9. The monoisotopic (exact) mass is 335 g/mol. The minimum absolute atomic E-state index is 0.190. The van der Waals surface area contributed by atoms with E-state index in [2.05, 4.69) is 34.6 Å². The summed E-state index contributed by atoms with van der Waals surface area (Å²) in [6, 6.07) is 11.7. The first kappa shape index (κ1) is 15.8. The van der Waals surface area contributed by atoms with E-state index in [0.29, 0.717) is 18.0 Å². The number of nitrogens with one attached hydrogen (secondary N) is 1. The number of aromatic nitrogens is 1. The molecule has 1 N–H and O–H groups in total. The van der Waals surface area contributed by atoms with Crippen molar-refractivity contribution < 1.29 is 9.59 Å². The number of fused-ring (bicyclic) bond motifs is 1. The Labute approximate surface area is 147 Å².